The Bertz CT molecular complexity index is 1100. The highest BCUT2D eigenvalue weighted by atomic mass is 32.2. The van der Waals surface area contributed by atoms with Crippen LogP contribution in [0, 0.1) is 0 Å². The zero-order valence-electron chi connectivity index (χ0n) is 17.7. The molecule has 1 heterocycles. The highest BCUT2D eigenvalue weighted by Crippen LogP contribution is 2.29. The van der Waals surface area contributed by atoms with E-state index in [0.29, 0.717) is 24.3 Å². The van der Waals surface area contributed by atoms with Gasteiger partial charge >= 0.3 is 6.61 Å². The molecule has 0 spiro atoms. The van der Waals surface area contributed by atoms with Gasteiger partial charge in [-0.15, -0.1) is 0 Å². The van der Waals surface area contributed by atoms with E-state index in [-0.39, 0.29) is 16.4 Å². The number of hydrogen-bond acceptors (Lipinski definition) is 7. The van der Waals surface area contributed by atoms with Crippen molar-refractivity contribution in [3.63, 3.8) is 0 Å². The van der Waals surface area contributed by atoms with Gasteiger partial charge in [0.15, 0.2) is 18.1 Å². The molecule has 0 bridgehead atoms. The van der Waals surface area contributed by atoms with Crippen molar-refractivity contribution in [2.45, 2.75) is 24.3 Å². The lowest BCUT2D eigenvalue weighted by Crippen LogP contribution is -2.28. The van der Waals surface area contributed by atoms with Gasteiger partial charge in [0.25, 0.3) is 5.91 Å². The topological polar surface area (TPSA) is 107 Å². The van der Waals surface area contributed by atoms with E-state index < -0.39 is 29.1 Å². The maximum absolute atomic E-state index is 12.7. The Kier molecular flexibility index (Phi) is 8.17. The SMILES string of the molecule is COc1cc(/C=N/OCC(=O)Nc2cccc(S(=O)(=O)N3CCCC3)c2)ccc1OC(F)F. The van der Waals surface area contributed by atoms with E-state index in [1.54, 1.807) is 12.1 Å². The normalized spacial score (nSPS) is 14.5. The van der Waals surface area contributed by atoms with Crippen LogP contribution in [0.1, 0.15) is 18.4 Å². The Morgan fingerprint density at radius 3 is 2.64 bits per heavy atom. The fraction of sp³-hybridized carbons (Fsp3) is 0.333. The van der Waals surface area contributed by atoms with Crippen molar-refractivity contribution >= 4 is 27.8 Å². The molecule has 0 saturated carbocycles. The second kappa shape index (κ2) is 11.1. The number of methoxy groups -OCH3 is 1. The van der Waals surface area contributed by atoms with Gasteiger partial charge in [-0.1, -0.05) is 11.2 Å². The summed E-state index contributed by atoms with van der Waals surface area (Å²) < 4.78 is 60.8. The summed E-state index contributed by atoms with van der Waals surface area (Å²) >= 11 is 0. The number of carbonyl (C=O) groups excluding carboxylic acids is 1. The molecule has 3 rings (SSSR count). The molecule has 33 heavy (non-hydrogen) atoms. The smallest absolute Gasteiger partial charge is 0.387 e. The molecule has 0 unspecified atom stereocenters. The summed E-state index contributed by atoms with van der Waals surface area (Å²) in [4.78, 5) is 17.2. The molecule has 178 valence electrons. The maximum Gasteiger partial charge on any atom is 0.387 e. The monoisotopic (exact) mass is 483 g/mol. The van der Waals surface area contributed by atoms with Gasteiger partial charge in [-0.05, 0) is 49.2 Å². The van der Waals surface area contributed by atoms with Gasteiger partial charge in [-0.2, -0.15) is 13.1 Å². The Morgan fingerprint density at radius 2 is 1.94 bits per heavy atom. The molecule has 0 aliphatic carbocycles. The molecule has 0 atom stereocenters. The van der Waals surface area contributed by atoms with Crippen LogP contribution in [0.5, 0.6) is 11.5 Å². The lowest BCUT2D eigenvalue weighted by Gasteiger charge is -2.16. The van der Waals surface area contributed by atoms with Gasteiger partial charge in [0.2, 0.25) is 10.0 Å². The molecular weight excluding hydrogens is 460 g/mol. The first-order valence-electron chi connectivity index (χ1n) is 9.98. The number of ether oxygens (including phenoxy) is 2. The van der Waals surface area contributed by atoms with Crippen LogP contribution in [0.3, 0.4) is 0 Å². The number of carbonyl (C=O) groups is 1. The van der Waals surface area contributed by atoms with Crippen molar-refractivity contribution in [1.82, 2.24) is 4.31 Å². The molecule has 1 amide bonds. The number of benzene rings is 2. The van der Waals surface area contributed by atoms with Crippen LogP contribution in [0.2, 0.25) is 0 Å². The van der Waals surface area contributed by atoms with Crippen molar-refractivity contribution in [3.8, 4) is 11.5 Å². The van der Waals surface area contributed by atoms with E-state index in [0.717, 1.165) is 12.8 Å². The van der Waals surface area contributed by atoms with E-state index in [1.165, 1.54) is 48.0 Å². The lowest BCUT2D eigenvalue weighted by molar-refractivity contribution is -0.120. The number of halogens is 2. The number of oxime groups is 1. The summed E-state index contributed by atoms with van der Waals surface area (Å²) in [7, 11) is -2.29. The Labute approximate surface area is 190 Å². The Balaban J connectivity index is 1.54. The third-order valence-corrected chi connectivity index (χ3v) is 6.59. The average Bonchev–Trinajstić information content (AvgIpc) is 3.33. The van der Waals surface area contributed by atoms with E-state index in [2.05, 4.69) is 15.2 Å². The molecule has 9 nitrogen and oxygen atoms in total. The van der Waals surface area contributed by atoms with Crippen LogP contribution in [-0.4, -0.2) is 58.3 Å². The second-order valence-corrected chi connectivity index (χ2v) is 8.92. The highest BCUT2D eigenvalue weighted by molar-refractivity contribution is 7.89. The van der Waals surface area contributed by atoms with Crippen LogP contribution < -0.4 is 14.8 Å². The lowest BCUT2D eigenvalue weighted by atomic mass is 10.2. The number of sulfonamides is 1. The van der Waals surface area contributed by atoms with Crippen LogP contribution in [0.25, 0.3) is 0 Å². The van der Waals surface area contributed by atoms with Gasteiger partial charge in [0.05, 0.1) is 18.2 Å². The van der Waals surface area contributed by atoms with Gasteiger partial charge in [-0.25, -0.2) is 8.42 Å². The summed E-state index contributed by atoms with van der Waals surface area (Å²) in [6, 6.07) is 10.2. The van der Waals surface area contributed by atoms with E-state index >= 15 is 0 Å². The molecule has 1 saturated heterocycles. The molecule has 2 aromatic rings. The molecule has 1 N–H and O–H groups in total. The predicted molar refractivity (Wildman–Crippen MR) is 116 cm³/mol. The van der Waals surface area contributed by atoms with E-state index in [4.69, 9.17) is 9.57 Å². The number of anilines is 1. The molecule has 0 radical (unpaired) electrons. The van der Waals surface area contributed by atoms with Gasteiger partial charge < -0.3 is 19.6 Å². The molecule has 2 aromatic carbocycles. The van der Waals surface area contributed by atoms with Gasteiger partial charge in [0.1, 0.15) is 0 Å². The van der Waals surface area contributed by atoms with Gasteiger partial charge in [0, 0.05) is 24.3 Å². The molecule has 12 heteroatoms. The number of alkyl halides is 2. The standard InChI is InChI=1S/C21H23F2N3O6S/c1-30-19-11-15(7-8-18(19)32-21(22)23)13-24-31-14-20(27)25-16-5-4-6-17(12-16)33(28,29)26-9-2-3-10-26/h4-8,11-13,21H,2-3,9-10,14H2,1H3,(H,25,27)/b24-13+. The van der Waals surface area contributed by atoms with E-state index in [1.807, 2.05) is 0 Å². The predicted octanol–water partition coefficient (Wildman–Crippen LogP) is 3.07. The average molecular weight is 483 g/mol. The number of rotatable bonds is 10. The summed E-state index contributed by atoms with van der Waals surface area (Å²) in [5.74, 6) is -0.583. The first kappa shape index (κ1) is 24.4. The van der Waals surface area contributed by atoms with Crippen LogP contribution in [-0.2, 0) is 19.7 Å². The Hall–Kier alpha value is -3.25. The third-order valence-electron chi connectivity index (χ3n) is 4.70. The minimum Gasteiger partial charge on any atom is -0.493 e. The van der Waals surface area contributed by atoms with Crippen molar-refractivity contribution in [3.05, 3.63) is 48.0 Å². The molecule has 0 aromatic heterocycles. The zero-order chi connectivity index (χ0) is 23.8. The van der Waals surface area contributed by atoms with E-state index in [9.17, 15) is 22.0 Å². The second-order valence-electron chi connectivity index (χ2n) is 6.98. The molecule has 1 fully saturated rings. The minimum absolute atomic E-state index is 0.0840. The molecule has 1 aliphatic heterocycles. The van der Waals surface area contributed by atoms with Crippen LogP contribution in [0.15, 0.2) is 52.5 Å². The summed E-state index contributed by atoms with van der Waals surface area (Å²) in [6.07, 6.45) is 2.92. The van der Waals surface area contributed by atoms with Gasteiger partial charge in [-0.3, -0.25) is 4.79 Å². The molecule has 1 aliphatic rings. The maximum atomic E-state index is 12.7. The fourth-order valence-electron chi connectivity index (χ4n) is 3.16. The van der Waals surface area contributed by atoms with Crippen LogP contribution in [0.4, 0.5) is 14.5 Å². The summed E-state index contributed by atoms with van der Waals surface area (Å²) in [5, 5.41) is 6.22. The third kappa shape index (κ3) is 6.62. The Morgan fingerprint density at radius 1 is 1.18 bits per heavy atom. The summed E-state index contributed by atoms with van der Waals surface area (Å²) in [5.41, 5.74) is 0.779. The fourth-order valence-corrected chi connectivity index (χ4v) is 4.72. The van der Waals surface area contributed by atoms with Crippen LogP contribution >= 0.6 is 0 Å². The quantitative estimate of drug-likeness (QED) is 0.411. The number of amides is 1. The highest BCUT2D eigenvalue weighted by Gasteiger charge is 2.27. The minimum atomic E-state index is -3.60. The first-order chi connectivity index (χ1) is 15.8. The van der Waals surface area contributed by atoms with Crippen molar-refractivity contribution in [2.24, 2.45) is 5.16 Å². The largest absolute Gasteiger partial charge is 0.493 e. The molecular formula is C21H23F2N3O6S. The summed E-state index contributed by atoms with van der Waals surface area (Å²) in [6.45, 7) is -2.44. The van der Waals surface area contributed by atoms with Crippen molar-refractivity contribution < 1.29 is 36.3 Å². The number of nitrogens with one attached hydrogen (secondary N) is 1. The zero-order valence-corrected chi connectivity index (χ0v) is 18.6. The number of nitrogens with zero attached hydrogens (tertiary/aromatic N) is 2. The van der Waals surface area contributed by atoms with Crippen molar-refractivity contribution in [1.29, 1.82) is 0 Å². The first-order valence-corrected chi connectivity index (χ1v) is 11.4. The van der Waals surface area contributed by atoms with Crippen molar-refractivity contribution in [2.75, 3.05) is 32.1 Å². The number of hydrogen-bond donors (Lipinski definition) is 1.